The Morgan fingerprint density at radius 1 is 1.21 bits per heavy atom. The number of carboxylic acids is 1. The van der Waals surface area contributed by atoms with Crippen LogP contribution in [0.1, 0.15) is 0 Å². The maximum atomic E-state index is 13.1. The molecule has 0 N–H and O–H groups in total. The summed E-state index contributed by atoms with van der Waals surface area (Å²) in [4.78, 5) is 26.2. The molecule has 5 rings (SSSR count). The maximum absolute atomic E-state index is 13.1. The third-order valence-corrected chi connectivity index (χ3v) is 5.43. The molecule has 0 aliphatic carbocycles. The van der Waals surface area contributed by atoms with Crippen LogP contribution in [0.4, 0.5) is 5.69 Å². The Bertz CT molecular complexity index is 915. The van der Waals surface area contributed by atoms with Gasteiger partial charge in [0.1, 0.15) is 5.60 Å². The summed E-state index contributed by atoms with van der Waals surface area (Å²) in [5.74, 6) is -3.05. The molecule has 1 spiro atoms. The summed E-state index contributed by atoms with van der Waals surface area (Å²) in [5.41, 5.74) is -0.0527. The Balaban J connectivity index is 1.64. The van der Waals surface area contributed by atoms with Crippen LogP contribution in [0.5, 0.6) is 0 Å². The quantitative estimate of drug-likeness (QED) is 0.770. The van der Waals surface area contributed by atoms with Crippen LogP contribution in [0.25, 0.3) is 10.8 Å². The number of carboxylic acid groups (broad SMARTS) is 1. The van der Waals surface area contributed by atoms with Crippen LogP contribution in [0, 0.1) is 11.8 Å². The van der Waals surface area contributed by atoms with Crippen molar-refractivity contribution < 1.29 is 19.4 Å². The molecule has 0 saturated carbocycles. The first-order chi connectivity index (χ1) is 11.6. The fraction of sp³-hybridized carbons (Fsp3) is 0.263. The fourth-order valence-electron chi connectivity index (χ4n) is 4.41. The van der Waals surface area contributed by atoms with Crippen molar-refractivity contribution in [1.29, 1.82) is 0 Å². The van der Waals surface area contributed by atoms with E-state index < -0.39 is 29.5 Å². The molecule has 3 heterocycles. The van der Waals surface area contributed by atoms with E-state index in [2.05, 4.69) is 0 Å². The number of rotatable bonds is 2. The number of ether oxygens (including phenoxy) is 1. The molecule has 2 fully saturated rings. The lowest BCUT2D eigenvalue weighted by Crippen LogP contribution is -2.45. The highest BCUT2D eigenvalue weighted by Gasteiger charge is 2.65. The third kappa shape index (κ3) is 1.57. The van der Waals surface area contributed by atoms with Crippen molar-refractivity contribution in [1.82, 2.24) is 0 Å². The summed E-state index contributed by atoms with van der Waals surface area (Å²) < 4.78 is 5.90. The van der Waals surface area contributed by atoms with Gasteiger partial charge in [-0.25, -0.2) is 0 Å². The number of anilines is 1. The molecule has 3 aliphatic rings. The Morgan fingerprint density at radius 2 is 2.00 bits per heavy atom. The number of hydrogen-bond donors (Lipinski definition) is 0. The minimum Gasteiger partial charge on any atom is -0.550 e. The van der Waals surface area contributed by atoms with Gasteiger partial charge in [0, 0.05) is 17.3 Å². The lowest BCUT2D eigenvalue weighted by atomic mass is 9.77. The number of carbonyl (C=O) groups excluding carboxylic acids is 2. The second kappa shape index (κ2) is 4.45. The summed E-state index contributed by atoms with van der Waals surface area (Å²) in [6.45, 7) is 0.335. The van der Waals surface area contributed by atoms with E-state index in [0.29, 0.717) is 6.54 Å². The maximum Gasteiger partial charge on any atom is 0.234 e. The Morgan fingerprint density at radius 3 is 2.83 bits per heavy atom. The van der Waals surface area contributed by atoms with Gasteiger partial charge in [-0.2, -0.15) is 0 Å². The summed E-state index contributed by atoms with van der Waals surface area (Å²) in [6, 6.07) is 13.6. The summed E-state index contributed by atoms with van der Waals surface area (Å²) >= 11 is 0. The first-order valence-electron chi connectivity index (χ1n) is 7.98. The standard InChI is InChI=1S/C19H15NO4/c21-17-16-15(18(22)23)14-8-9-19(16,24-14)10-20(17)13-7-3-5-11-4-1-2-6-12(11)13/h1-9,14-16H,10H2,(H,22,23)/p-1/t14-,15+,16+,19-/m0/s1. The smallest absolute Gasteiger partial charge is 0.234 e. The summed E-state index contributed by atoms with van der Waals surface area (Å²) in [5, 5.41) is 13.5. The van der Waals surface area contributed by atoms with E-state index in [1.54, 1.807) is 11.0 Å². The minimum absolute atomic E-state index is 0.201. The number of amides is 1. The highest BCUT2D eigenvalue weighted by molar-refractivity contribution is 6.08. The second-order valence-electron chi connectivity index (χ2n) is 6.64. The van der Waals surface area contributed by atoms with Crippen LogP contribution in [-0.4, -0.2) is 30.1 Å². The Hall–Kier alpha value is -2.66. The first-order valence-corrected chi connectivity index (χ1v) is 7.98. The Labute approximate surface area is 138 Å². The van der Waals surface area contributed by atoms with Crippen molar-refractivity contribution in [2.24, 2.45) is 11.8 Å². The SMILES string of the molecule is O=C([O-])[C@@H]1[C@@H]2C=C[C@@]3(CN(c4cccc5ccccc45)C(=O)[C@@H]13)O2. The van der Waals surface area contributed by atoms with Gasteiger partial charge in [0.15, 0.2) is 0 Å². The van der Waals surface area contributed by atoms with E-state index in [0.717, 1.165) is 16.5 Å². The number of carbonyl (C=O) groups is 2. The molecule has 2 aromatic carbocycles. The zero-order chi connectivity index (χ0) is 16.5. The number of nitrogens with zero attached hydrogens (tertiary/aromatic N) is 1. The molecule has 2 bridgehead atoms. The monoisotopic (exact) mass is 320 g/mol. The highest BCUT2D eigenvalue weighted by atomic mass is 16.5. The van der Waals surface area contributed by atoms with Gasteiger partial charge in [-0.15, -0.1) is 0 Å². The third-order valence-electron chi connectivity index (χ3n) is 5.43. The molecular weight excluding hydrogens is 306 g/mol. The van der Waals surface area contributed by atoms with Crippen molar-refractivity contribution in [3.63, 3.8) is 0 Å². The van der Waals surface area contributed by atoms with Gasteiger partial charge in [-0.05, 0) is 11.5 Å². The van der Waals surface area contributed by atoms with Crippen LogP contribution in [0.15, 0.2) is 54.6 Å². The van der Waals surface area contributed by atoms with Gasteiger partial charge in [0.25, 0.3) is 0 Å². The van der Waals surface area contributed by atoms with Crippen LogP contribution in [0.3, 0.4) is 0 Å². The number of hydrogen-bond acceptors (Lipinski definition) is 4. The molecule has 5 nitrogen and oxygen atoms in total. The fourth-order valence-corrected chi connectivity index (χ4v) is 4.41. The summed E-state index contributed by atoms with van der Waals surface area (Å²) in [7, 11) is 0. The largest absolute Gasteiger partial charge is 0.550 e. The summed E-state index contributed by atoms with van der Waals surface area (Å²) in [6.07, 6.45) is 3.04. The van der Waals surface area contributed by atoms with Crippen LogP contribution in [-0.2, 0) is 14.3 Å². The van der Waals surface area contributed by atoms with Crippen molar-refractivity contribution in [2.45, 2.75) is 11.7 Å². The first kappa shape index (κ1) is 13.7. The van der Waals surface area contributed by atoms with Gasteiger partial charge in [0.2, 0.25) is 5.91 Å². The molecule has 4 atom stereocenters. The van der Waals surface area contributed by atoms with Crippen molar-refractivity contribution in [3.8, 4) is 0 Å². The van der Waals surface area contributed by atoms with Gasteiger partial charge in [-0.1, -0.05) is 48.6 Å². The molecule has 5 heteroatoms. The van der Waals surface area contributed by atoms with E-state index in [1.807, 2.05) is 48.5 Å². The highest BCUT2D eigenvalue weighted by Crippen LogP contribution is 2.52. The molecule has 1 amide bonds. The van der Waals surface area contributed by atoms with E-state index in [4.69, 9.17) is 4.74 Å². The molecule has 0 unspecified atom stereocenters. The van der Waals surface area contributed by atoms with E-state index in [1.165, 1.54) is 0 Å². The minimum atomic E-state index is -1.22. The van der Waals surface area contributed by atoms with Crippen molar-refractivity contribution in [3.05, 3.63) is 54.6 Å². The van der Waals surface area contributed by atoms with E-state index >= 15 is 0 Å². The van der Waals surface area contributed by atoms with Gasteiger partial charge >= 0.3 is 0 Å². The molecule has 0 aromatic heterocycles. The molecule has 120 valence electrons. The molecule has 0 radical (unpaired) electrons. The molecular formula is C19H14NO4-. The molecule has 24 heavy (non-hydrogen) atoms. The predicted octanol–water partition coefficient (Wildman–Crippen LogP) is 0.876. The van der Waals surface area contributed by atoms with E-state index in [-0.39, 0.29) is 5.91 Å². The van der Waals surface area contributed by atoms with Crippen LogP contribution in [0.2, 0.25) is 0 Å². The van der Waals surface area contributed by atoms with Gasteiger partial charge in [-0.3, -0.25) is 4.79 Å². The molecule has 2 aromatic rings. The van der Waals surface area contributed by atoms with Gasteiger partial charge in [0.05, 0.1) is 24.3 Å². The zero-order valence-electron chi connectivity index (χ0n) is 12.7. The number of benzene rings is 2. The lowest BCUT2D eigenvalue weighted by Gasteiger charge is -2.24. The normalized spacial score (nSPS) is 33.4. The van der Waals surface area contributed by atoms with Crippen LogP contribution < -0.4 is 10.0 Å². The predicted molar refractivity (Wildman–Crippen MR) is 85.0 cm³/mol. The van der Waals surface area contributed by atoms with E-state index in [9.17, 15) is 14.7 Å². The average Bonchev–Trinajstić information content (AvgIpc) is 3.22. The zero-order valence-corrected chi connectivity index (χ0v) is 12.7. The van der Waals surface area contributed by atoms with Gasteiger partial charge < -0.3 is 19.5 Å². The number of aliphatic carboxylic acids is 1. The molecule has 2 saturated heterocycles. The second-order valence-corrected chi connectivity index (χ2v) is 6.64. The average molecular weight is 320 g/mol. The lowest BCUT2D eigenvalue weighted by molar-refractivity contribution is -0.313. The number of fused-ring (bicyclic) bond motifs is 2. The van der Waals surface area contributed by atoms with Crippen molar-refractivity contribution in [2.75, 3.05) is 11.4 Å². The van der Waals surface area contributed by atoms with Crippen LogP contribution >= 0.6 is 0 Å². The Kier molecular flexibility index (Phi) is 2.55. The van der Waals surface area contributed by atoms with Crippen molar-refractivity contribution >= 4 is 28.3 Å². The topological polar surface area (TPSA) is 69.7 Å². The molecule has 3 aliphatic heterocycles.